The van der Waals surface area contributed by atoms with Crippen molar-refractivity contribution in [3.63, 3.8) is 0 Å². The summed E-state index contributed by atoms with van der Waals surface area (Å²) in [6, 6.07) is 8.78. The van der Waals surface area contributed by atoms with E-state index in [0.29, 0.717) is 5.56 Å². The Morgan fingerprint density at radius 1 is 1.53 bits per heavy atom. The highest BCUT2D eigenvalue weighted by molar-refractivity contribution is 5.80. The molecule has 0 unspecified atom stereocenters. The van der Waals surface area contributed by atoms with E-state index >= 15 is 0 Å². The fraction of sp³-hybridized carbons (Fsp3) is 0.100. The number of amides is 1. The zero-order valence-corrected chi connectivity index (χ0v) is 8.10. The average molecular weight is 203 g/mol. The van der Waals surface area contributed by atoms with Crippen molar-refractivity contribution in [2.45, 2.75) is 0 Å². The predicted octanol–water partition coefficient (Wildman–Crippen LogP) is 1.25. The summed E-state index contributed by atoms with van der Waals surface area (Å²) in [6.07, 6.45) is 0.831. The number of carbonyl (C=O) groups is 1. The number of methoxy groups -OCH3 is 1. The number of hydrogen-bond donors (Lipinski definition) is 1. The van der Waals surface area contributed by atoms with E-state index in [9.17, 15) is 4.79 Å². The van der Waals surface area contributed by atoms with Crippen LogP contribution in [0, 0.1) is 11.3 Å². The molecule has 15 heavy (non-hydrogen) atoms. The van der Waals surface area contributed by atoms with Gasteiger partial charge < -0.3 is 4.74 Å². The Morgan fingerprint density at radius 2 is 2.20 bits per heavy atom. The molecule has 0 aromatic heterocycles. The number of hydrogen-bond acceptors (Lipinski definition) is 4. The topological polar surface area (TPSA) is 74.5 Å². The molecule has 0 aliphatic rings. The first-order valence-corrected chi connectivity index (χ1v) is 4.13. The molecule has 0 fully saturated rings. The first-order chi connectivity index (χ1) is 7.26. The third-order valence-corrected chi connectivity index (χ3v) is 1.59. The van der Waals surface area contributed by atoms with E-state index in [0.717, 1.165) is 5.56 Å². The number of ether oxygens (including phenoxy) is 1. The van der Waals surface area contributed by atoms with Gasteiger partial charge >= 0.3 is 6.09 Å². The van der Waals surface area contributed by atoms with Crippen LogP contribution < -0.4 is 5.43 Å². The maximum atomic E-state index is 10.6. The highest BCUT2D eigenvalue weighted by atomic mass is 16.5. The second kappa shape index (κ2) is 5.40. The Balaban J connectivity index is 2.58. The van der Waals surface area contributed by atoms with Crippen LogP contribution in [0.25, 0.3) is 0 Å². The lowest BCUT2D eigenvalue weighted by atomic mass is 10.2. The summed E-state index contributed by atoms with van der Waals surface area (Å²) < 4.78 is 4.32. The fourth-order valence-electron chi connectivity index (χ4n) is 0.849. The standard InChI is InChI=1S/C10H9N3O2/c1-15-10(14)13-12-7-9-4-2-8(6-11)3-5-9/h2-5,7H,1H3,(H,13,14)/b12-7+. The van der Waals surface area contributed by atoms with Crippen molar-refractivity contribution in [2.24, 2.45) is 5.10 Å². The molecule has 1 N–H and O–H groups in total. The van der Waals surface area contributed by atoms with Crippen molar-refractivity contribution in [3.05, 3.63) is 35.4 Å². The molecule has 1 rings (SSSR count). The smallest absolute Gasteiger partial charge is 0.427 e. The van der Waals surface area contributed by atoms with Gasteiger partial charge in [0.1, 0.15) is 0 Å². The lowest BCUT2D eigenvalue weighted by Crippen LogP contribution is -2.16. The molecule has 0 aliphatic heterocycles. The minimum atomic E-state index is -0.625. The Hall–Kier alpha value is -2.35. The molecule has 0 bridgehead atoms. The Bertz CT molecular complexity index is 404. The molecule has 0 spiro atoms. The normalized spacial score (nSPS) is 9.60. The van der Waals surface area contributed by atoms with Gasteiger partial charge in [0.15, 0.2) is 0 Å². The molecular formula is C10H9N3O2. The van der Waals surface area contributed by atoms with Crippen molar-refractivity contribution in [1.29, 1.82) is 5.26 Å². The van der Waals surface area contributed by atoms with Crippen LogP contribution in [0.15, 0.2) is 29.4 Å². The largest absolute Gasteiger partial charge is 0.452 e. The van der Waals surface area contributed by atoms with E-state index in [2.05, 4.69) is 15.3 Å². The molecular weight excluding hydrogens is 194 g/mol. The summed E-state index contributed by atoms with van der Waals surface area (Å²) in [4.78, 5) is 10.6. The minimum absolute atomic E-state index is 0.577. The summed E-state index contributed by atoms with van der Waals surface area (Å²) in [5.41, 5.74) is 3.51. The Morgan fingerprint density at radius 3 is 2.73 bits per heavy atom. The van der Waals surface area contributed by atoms with Gasteiger partial charge in [-0.3, -0.25) is 0 Å². The number of carbonyl (C=O) groups excluding carboxylic acids is 1. The quantitative estimate of drug-likeness (QED) is 0.580. The van der Waals surface area contributed by atoms with Gasteiger partial charge in [0.2, 0.25) is 0 Å². The fourth-order valence-corrected chi connectivity index (χ4v) is 0.849. The lowest BCUT2D eigenvalue weighted by molar-refractivity contribution is 0.171. The van der Waals surface area contributed by atoms with Gasteiger partial charge in [0.05, 0.1) is 25.0 Å². The van der Waals surface area contributed by atoms with Gasteiger partial charge in [-0.1, -0.05) is 12.1 Å². The third kappa shape index (κ3) is 3.48. The van der Waals surface area contributed by atoms with E-state index in [1.54, 1.807) is 24.3 Å². The highest BCUT2D eigenvalue weighted by Crippen LogP contribution is 2.00. The van der Waals surface area contributed by atoms with Gasteiger partial charge in [0, 0.05) is 0 Å². The number of hydrazone groups is 1. The number of benzene rings is 1. The van der Waals surface area contributed by atoms with Crippen LogP contribution in [0.2, 0.25) is 0 Å². The SMILES string of the molecule is COC(=O)N/N=C/c1ccc(C#N)cc1. The number of rotatable bonds is 2. The summed E-state index contributed by atoms with van der Waals surface area (Å²) in [5, 5.41) is 12.2. The summed E-state index contributed by atoms with van der Waals surface area (Å²) in [5.74, 6) is 0. The molecule has 1 aromatic carbocycles. The Kier molecular flexibility index (Phi) is 3.86. The molecule has 1 amide bonds. The molecule has 5 nitrogen and oxygen atoms in total. The van der Waals surface area contributed by atoms with Crippen LogP contribution in [0.1, 0.15) is 11.1 Å². The van der Waals surface area contributed by atoms with E-state index < -0.39 is 6.09 Å². The first kappa shape index (κ1) is 10.7. The monoisotopic (exact) mass is 203 g/mol. The number of nitriles is 1. The van der Waals surface area contributed by atoms with Crippen LogP contribution in [-0.2, 0) is 4.74 Å². The summed E-state index contributed by atoms with van der Waals surface area (Å²) in [6.45, 7) is 0. The molecule has 0 atom stereocenters. The first-order valence-electron chi connectivity index (χ1n) is 4.13. The van der Waals surface area contributed by atoms with Crippen molar-refractivity contribution in [2.75, 3.05) is 7.11 Å². The zero-order valence-electron chi connectivity index (χ0n) is 8.10. The van der Waals surface area contributed by atoms with Gasteiger partial charge in [-0.15, -0.1) is 0 Å². The molecule has 0 saturated heterocycles. The van der Waals surface area contributed by atoms with Gasteiger partial charge in [-0.2, -0.15) is 10.4 Å². The predicted molar refractivity (Wildman–Crippen MR) is 54.3 cm³/mol. The summed E-state index contributed by atoms with van der Waals surface area (Å²) >= 11 is 0. The molecule has 76 valence electrons. The molecule has 0 saturated carbocycles. The van der Waals surface area contributed by atoms with E-state index in [1.807, 2.05) is 6.07 Å². The minimum Gasteiger partial charge on any atom is -0.452 e. The molecule has 0 heterocycles. The maximum absolute atomic E-state index is 10.6. The van der Waals surface area contributed by atoms with Crippen LogP contribution in [-0.4, -0.2) is 19.4 Å². The molecule has 0 aliphatic carbocycles. The van der Waals surface area contributed by atoms with Gasteiger partial charge in [-0.25, -0.2) is 10.2 Å². The zero-order chi connectivity index (χ0) is 11.1. The van der Waals surface area contributed by atoms with Crippen LogP contribution in [0.3, 0.4) is 0 Å². The number of nitrogens with zero attached hydrogens (tertiary/aromatic N) is 2. The van der Waals surface area contributed by atoms with Crippen molar-refractivity contribution < 1.29 is 9.53 Å². The highest BCUT2D eigenvalue weighted by Gasteiger charge is 1.93. The van der Waals surface area contributed by atoms with Gasteiger partial charge in [0.25, 0.3) is 0 Å². The van der Waals surface area contributed by atoms with Gasteiger partial charge in [-0.05, 0) is 17.7 Å². The molecule has 0 radical (unpaired) electrons. The third-order valence-electron chi connectivity index (χ3n) is 1.59. The van der Waals surface area contributed by atoms with Crippen LogP contribution in [0.5, 0.6) is 0 Å². The van der Waals surface area contributed by atoms with Crippen molar-refractivity contribution in [1.82, 2.24) is 5.43 Å². The molecule has 1 aromatic rings. The lowest BCUT2D eigenvalue weighted by Gasteiger charge is -1.95. The molecule has 5 heteroatoms. The van der Waals surface area contributed by atoms with E-state index in [1.165, 1.54) is 13.3 Å². The van der Waals surface area contributed by atoms with E-state index in [4.69, 9.17) is 5.26 Å². The maximum Gasteiger partial charge on any atom is 0.427 e. The second-order valence-corrected chi connectivity index (χ2v) is 2.60. The van der Waals surface area contributed by atoms with Crippen LogP contribution >= 0.6 is 0 Å². The Labute approximate surface area is 87.0 Å². The van der Waals surface area contributed by atoms with E-state index in [-0.39, 0.29) is 0 Å². The van der Waals surface area contributed by atoms with Crippen LogP contribution in [0.4, 0.5) is 4.79 Å². The number of nitrogens with one attached hydrogen (secondary N) is 1. The second-order valence-electron chi connectivity index (χ2n) is 2.60. The van der Waals surface area contributed by atoms with Crippen molar-refractivity contribution in [3.8, 4) is 6.07 Å². The summed E-state index contributed by atoms with van der Waals surface area (Å²) in [7, 11) is 1.26. The van der Waals surface area contributed by atoms with Crippen molar-refractivity contribution >= 4 is 12.3 Å². The average Bonchev–Trinajstić information content (AvgIpc) is 2.29.